The third-order valence-corrected chi connectivity index (χ3v) is 4.27. The van der Waals surface area contributed by atoms with Crippen molar-refractivity contribution in [2.45, 2.75) is 64.0 Å². The molecule has 1 aliphatic rings. The van der Waals surface area contributed by atoms with Crippen molar-refractivity contribution >= 4 is 17.9 Å². The number of amides is 3. The molecule has 0 heterocycles. The second-order valence-corrected chi connectivity index (χ2v) is 5.81. The number of aliphatic carboxylic acids is 1. The standard InChI is InChI=1S/C14H25N3O4/c1-3-9(2)10(16-13(15)21)11(18)17-14(12(19)20)7-5-4-6-8-14/h9-10H,3-8H2,1-2H3,(H,17,18)(H,19,20)(H3,15,16,21). The zero-order valence-corrected chi connectivity index (χ0v) is 12.6. The largest absolute Gasteiger partial charge is 0.480 e. The Labute approximate surface area is 124 Å². The van der Waals surface area contributed by atoms with Gasteiger partial charge in [0, 0.05) is 0 Å². The van der Waals surface area contributed by atoms with E-state index in [2.05, 4.69) is 10.6 Å². The SMILES string of the molecule is CCC(C)C(NC(N)=O)C(=O)NC1(C(=O)O)CCCCC1. The molecule has 0 aromatic rings. The first kappa shape index (κ1) is 17.3. The summed E-state index contributed by atoms with van der Waals surface area (Å²) in [4.78, 5) is 35.0. The summed E-state index contributed by atoms with van der Waals surface area (Å²) in [5, 5.41) is 14.5. The van der Waals surface area contributed by atoms with Crippen molar-refractivity contribution in [2.24, 2.45) is 11.7 Å². The molecular formula is C14H25N3O4. The van der Waals surface area contributed by atoms with Crippen LogP contribution in [0.1, 0.15) is 52.4 Å². The maximum atomic E-state index is 12.4. The Morgan fingerprint density at radius 3 is 2.24 bits per heavy atom. The summed E-state index contributed by atoms with van der Waals surface area (Å²) in [6, 6.07) is -1.60. The van der Waals surface area contributed by atoms with Crippen molar-refractivity contribution in [3.05, 3.63) is 0 Å². The monoisotopic (exact) mass is 299 g/mol. The van der Waals surface area contributed by atoms with E-state index in [4.69, 9.17) is 5.73 Å². The average Bonchev–Trinajstić information content (AvgIpc) is 2.44. The molecular weight excluding hydrogens is 274 g/mol. The highest BCUT2D eigenvalue weighted by atomic mass is 16.4. The highest BCUT2D eigenvalue weighted by Gasteiger charge is 2.42. The third-order valence-electron chi connectivity index (χ3n) is 4.27. The van der Waals surface area contributed by atoms with Crippen LogP contribution in [-0.4, -0.2) is 34.6 Å². The van der Waals surface area contributed by atoms with Gasteiger partial charge in [0.25, 0.3) is 0 Å². The smallest absolute Gasteiger partial charge is 0.329 e. The molecule has 0 bridgehead atoms. The molecule has 0 spiro atoms. The fourth-order valence-electron chi connectivity index (χ4n) is 2.72. The Morgan fingerprint density at radius 1 is 1.24 bits per heavy atom. The van der Waals surface area contributed by atoms with Crippen LogP contribution >= 0.6 is 0 Å². The van der Waals surface area contributed by atoms with Crippen LogP contribution in [0.5, 0.6) is 0 Å². The summed E-state index contributed by atoms with van der Waals surface area (Å²) >= 11 is 0. The van der Waals surface area contributed by atoms with E-state index in [0.29, 0.717) is 19.3 Å². The predicted octanol–water partition coefficient (Wildman–Crippen LogP) is 0.973. The third kappa shape index (κ3) is 4.34. The van der Waals surface area contributed by atoms with Gasteiger partial charge in [-0.3, -0.25) is 4.79 Å². The van der Waals surface area contributed by atoms with Crippen LogP contribution in [0.2, 0.25) is 0 Å². The molecule has 1 saturated carbocycles. The van der Waals surface area contributed by atoms with E-state index in [0.717, 1.165) is 19.3 Å². The summed E-state index contributed by atoms with van der Waals surface area (Å²) < 4.78 is 0. The molecule has 0 aromatic carbocycles. The first-order valence-electron chi connectivity index (χ1n) is 7.44. The topological polar surface area (TPSA) is 122 Å². The van der Waals surface area contributed by atoms with E-state index in [-0.39, 0.29) is 5.92 Å². The number of nitrogens with two attached hydrogens (primary N) is 1. The summed E-state index contributed by atoms with van der Waals surface area (Å²) in [6.07, 6.45) is 4.00. The number of carboxylic acid groups (broad SMARTS) is 1. The number of urea groups is 1. The lowest BCUT2D eigenvalue weighted by Gasteiger charge is -2.36. The minimum atomic E-state index is -1.22. The van der Waals surface area contributed by atoms with Crippen molar-refractivity contribution in [3.63, 3.8) is 0 Å². The van der Waals surface area contributed by atoms with Crippen LogP contribution in [0.25, 0.3) is 0 Å². The van der Waals surface area contributed by atoms with Crippen LogP contribution in [0, 0.1) is 5.92 Å². The first-order valence-corrected chi connectivity index (χ1v) is 7.44. The quantitative estimate of drug-likeness (QED) is 0.584. The van der Waals surface area contributed by atoms with Crippen LogP contribution in [-0.2, 0) is 9.59 Å². The van der Waals surface area contributed by atoms with Gasteiger partial charge >= 0.3 is 12.0 Å². The Hall–Kier alpha value is -1.79. The molecule has 2 atom stereocenters. The number of primary amides is 1. The Kier molecular flexibility index (Phi) is 5.99. The van der Waals surface area contributed by atoms with E-state index in [1.807, 2.05) is 13.8 Å². The van der Waals surface area contributed by atoms with Crippen LogP contribution in [0.15, 0.2) is 0 Å². The molecule has 120 valence electrons. The highest BCUT2D eigenvalue weighted by molar-refractivity contribution is 5.91. The number of rotatable bonds is 6. The van der Waals surface area contributed by atoms with E-state index >= 15 is 0 Å². The molecule has 5 N–H and O–H groups in total. The first-order chi connectivity index (χ1) is 9.82. The maximum absolute atomic E-state index is 12.4. The van der Waals surface area contributed by atoms with E-state index in [9.17, 15) is 19.5 Å². The molecule has 0 aromatic heterocycles. The molecule has 7 nitrogen and oxygen atoms in total. The van der Waals surface area contributed by atoms with Gasteiger partial charge in [-0.1, -0.05) is 39.5 Å². The van der Waals surface area contributed by atoms with Gasteiger partial charge in [0.05, 0.1) is 0 Å². The lowest BCUT2D eigenvalue weighted by atomic mass is 9.81. The van der Waals surface area contributed by atoms with E-state index in [1.54, 1.807) is 0 Å². The van der Waals surface area contributed by atoms with Crippen LogP contribution in [0.3, 0.4) is 0 Å². The molecule has 2 unspecified atom stereocenters. The zero-order valence-electron chi connectivity index (χ0n) is 12.6. The number of nitrogens with one attached hydrogen (secondary N) is 2. The van der Waals surface area contributed by atoms with Crippen LogP contribution < -0.4 is 16.4 Å². The minimum absolute atomic E-state index is 0.132. The molecule has 1 aliphatic carbocycles. The van der Waals surface area contributed by atoms with E-state index in [1.165, 1.54) is 0 Å². The second kappa shape index (κ2) is 7.28. The molecule has 21 heavy (non-hydrogen) atoms. The zero-order chi connectivity index (χ0) is 16.0. The van der Waals surface area contributed by atoms with E-state index < -0.39 is 29.5 Å². The van der Waals surface area contributed by atoms with Gasteiger partial charge in [0.15, 0.2) is 0 Å². The number of carbonyl (C=O) groups excluding carboxylic acids is 2. The van der Waals surface area contributed by atoms with Gasteiger partial charge in [-0.15, -0.1) is 0 Å². The molecule has 0 radical (unpaired) electrons. The number of hydrogen-bond donors (Lipinski definition) is 4. The van der Waals surface area contributed by atoms with Gasteiger partial charge in [0.1, 0.15) is 11.6 Å². The fraction of sp³-hybridized carbons (Fsp3) is 0.786. The molecule has 7 heteroatoms. The highest BCUT2D eigenvalue weighted by Crippen LogP contribution is 2.29. The van der Waals surface area contributed by atoms with Gasteiger partial charge < -0.3 is 21.5 Å². The minimum Gasteiger partial charge on any atom is -0.480 e. The van der Waals surface area contributed by atoms with Crippen molar-refractivity contribution < 1.29 is 19.5 Å². The molecule has 3 amide bonds. The number of carboxylic acids is 1. The van der Waals surface area contributed by atoms with Gasteiger partial charge in [-0.25, -0.2) is 9.59 Å². The van der Waals surface area contributed by atoms with Crippen LogP contribution in [0.4, 0.5) is 4.79 Å². The van der Waals surface area contributed by atoms with Gasteiger partial charge in [0.2, 0.25) is 5.91 Å². The number of hydrogen-bond acceptors (Lipinski definition) is 3. The van der Waals surface area contributed by atoms with Gasteiger partial charge in [-0.05, 0) is 18.8 Å². The lowest BCUT2D eigenvalue weighted by molar-refractivity contribution is -0.149. The van der Waals surface area contributed by atoms with Crippen molar-refractivity contribution in [1.29, 1.82) is 0 Å². The average molecular weight is 299 g/mol. The summed E-state index contributed by atoms with van der Waals surface area (Å²) in [7, 11) is 0. The summed E-state index contributed by atoms with van der Waals surface area (Å²) in [5.41, 5.74) is 3.88. The molecule has 0 aliphatic heterocycles. The van der Waals surface area contributed by atoms with Crippen molar-refractivity contribution in [2.75, 3.05) is 0 Å². The Balaban J connectivity index is 2.87. The predicted molar refractivity (Wildman–Crippen MR) is 77.6 cm³/mol. The van der Waals surface area contributed by atoms with Gasteiger partial charge in [-0.2, -0.15) is 0 Å². The molecule has 1 rings (SSSR count). The Morgan fingerprint density at radius 2 is 1.81 bits per heavy atom. The van der Waals surface area contributed by atoms with Crippen molar-refractivity contribution in [3.8, 4) is 0 Å². The lowest BCUT2D eigenvalue weighted by Crippen LogP contribution is -2.61. The molecule has 1 fully saturated rings. The fourth-order valence-corrected chi connectivity index (χ4v) is 2.72. The summed E-state index contributed by atoms with van der Waals surface area (Å²) in [6.45, 7) is 3.70. The Bertz CT molecular complexity index is 405. The second-order valence-electron chi connectivity index (χ2n) is 5.81. The normalized spacial score (nSPS) is 20.1. The maximum Gasteiger partial charge on any atom is 0.329 e. The van der Waals surface area contributed by atoms with Crippen molar-refractivity contribution in [1.82, 2.24) is 10.6 Å². The number of carbonyl (C=O) groups is 3. The molecule has 0 saturated heterocycles. The summed E-state index contributed by atoms with van der Waals surface area (Å²) in [5.74, 6) is -1.63.